The van der Waals surface area contributed by atoms with E-state index < -0.39 is 0 Å². The summed E-state index contributed by atoms with van der Waals surface area (Å²) in [4.78, 5) is 12.2. The number of anilines is 2. The summed E-state index contributed by atoms with van der Waals surface area (Å²) in [5.74, 6) is 1.48. The Labute approximate surface area is 165 Å². The van der Waals surface area contributed by atoms with Crippen LogP contribution in [0, 0.1) is 0 Å². The van der Waals surface area contributed by atoms with Crippen molar-refractivity contribution >= 4 is 17.3 Å². The number of rotatable bonds is 8. The minimum Gasteiger partial charge on any atom is -0.457 e. The molecular weight excluding hydrogens is 350 g/mol. The van der Waals surface area contributed by atoms with Crippen molar-refractivity contribution in [1.29, 1.82) is 0 Å². The molecule has 0 saturated carbocycles. The molecule has 0 radical (unpaired) electrons. The van der Waals surface area contributed by atoms with Crippen LogP contribution >= 0.6 is 0 Å². The number of nitrogen functional groups attached to an aromatic ring is 1. The number of carbonyl (C=O) groups is 1. The number of nitrogens with two attached hydrogens (primary N) is 1. The van der Waals surface area contributed by atoms with E-state index in [0.717, 1.165) is 22.7 Å². The Hall–Kier alpha value is -3.31. The molecule has 0 aliphatic rings. The van der Waals surface area contributed by atoms with Gasteiger partial charge in [0, 0.05) is 30.4 Å². The first-order valence-electron chi connectivity index (χ1n) is 9.30. The highest BCUT2D eigenvalue weighted by Gasteiger charge is 2.10. The SMILES string of the molecule is CC(CC(=O)Nc1ccccc1)NCc1cc(Oc2ccccc2)ccc1N. The van der Waals surface area contributed by atoms with Gasteiger partial charge in [-0.25, -0.2) is 0 Å². The van der Waals surface area contributed by atoms with Crippen molar-refractivity contribution in [2.75, 3.05) is 11.1 Å². The molecule has 0 bridgehead atoms. The van der Waals surface area contributed by atoms with Crippen molar-refractivity contribution < 1.29 is 9.53 Å². The quantitative estimate of drug-likeness (QED) is 0.504. The zero-order chi connectivity index (χ0) is 19.8. The Bertz CT molecular complexity index is 898. The second-order valence-electron chi connectivity index (χ2n) is 6.68. The third-order valence-corrected chi connectivity index (χ3v) is 4.28. The lowest BCUT2D eigenvalue weighted by Crippen LogP contribution is -2.30. The van der Waals surface area contributed by atoms with Crippen LogP contribution in [0.15, 0.2) is 78.9 Å². The number of amides is 1. The monoisotopic (exact) mass is 375 g/mol. The van der Waals surface area contributed by atoms with Gasteiger partial charge in [0.05, 0.1) is 0 Å². The van der Waals surface area contributed by atoms with Crippen molar-refractivity contribution in [3.05, 3.63) is 84.4 Å². The van der Waals surface area contributed by atoms with E-state index in [2.05, 4.69) is 10.6 Å². The number of para-hydroxylation sites is 2. The molecule has 0 aliphatic carbocycles. The standard InChI is InChI=1S/C23H25N3O2/c1-17(14-23(27)26-19-8-4-2-5-9-19)25-16-18-15-21(12-13-22(18)24)28-20-10-6-3-7-11-20/h2-13,15,17,25H,14,16,24H2,1H3,(H,26,27). The summed E-state index contributed by atoms with van der Waals surface area (Å²) < 4.78 is 5.86. The van der Waals surface area contributed by atoms with Crippen LogP contribution in [0.4, 0.5) is 11.4 Å². The van der Waals surface area contributed by atoms with Gasteiger partial charge in [0.15, 0.2) is 0 Å². The van der Waals surface area contributed by atoms with Gasteiger partial charge in [-0.05, 0) is 55.0 Å². The molecule has 5 heteroatoms. The van der Waals surface area contributed by atoms with Crippen LogP contribution in [0.3, 0.4) is 0 Å². The summed E-state index contributed by atoms with van der Waals surface area (Å²) >= 11 is 0. The summed E-state index contributed by atoms with van der Waals surface area (Å²) in [7, 11) is 0. The topological polar surface area (TPSA) is 76.4 Å². The van der Waals surface area contributed by atoms with Gasteiger partial charge in [-0.2, -0.15) is 0 Å². The molecule has 0 aliphatic heterocycles. The molecule has 3 rings (SSSR count). The predicted molar refractivity (Wildman–Crippen MR) is 113 cm³/mol. The highest BCUT2D eigenvalue weighted by Crippen LogP contribution is 2.25. The first-order valence-corrected chi connectivity index (χ1v) is 9.30. The van der Waals surface area contributed by atoms with Gasteiger partial charge in [-0.1, -0.05) is 36.4 Å². The number of benzene rings is 3. The van der Waals surface area contributed by atoms with Crippen molar-refractivity contribution in [1.82, 2.24) is 5.32 Å². The van der Waals surface area contributed by atoms with Crippen LogP contribution in [0.2, 0.25) is 0 Å². The molecule has 0 aromatic heterocycles. The van der Waals surface area contributed by atoms with E-state index in [1.807, 2.05) is 85.8 Å². The average Bonchev–Trinajstić information content (AvgIpc) is 2.70. The lowest BCUT2D eigenvalue weighted by molar-refractivity contribution is -0.116. The third kappa shape index (κ3) is 5.86. The Morgan fingerprint density at radius 3 is 2.36 bits per heavy atom. The molecule has 5 nitrogen and oxygen atoms in total. The van der Waals surface area contributed by atoms with E-state index in [9.17, 15) is 4.79 Å². The fourth-order valence-corrected chi connectivity index (χ4v) is 2.79. The predicted octanol–water partition coefficient (Wildman–Crippen LogP) is 4.57. The first kappa shape index (κ1) is 19.5. The van der Waals surface area contributed by atoms with Crippen LogP contribution < -0.4 is 21.1 Å². The molecule has 28 heavy (non-hydrogen) atoms. The molecular formula is C23H25N3O2. The molecule has 1 unspecified atom stereocenters. The van der Waals surface area contributed by atoms with Crippen LogP contribution in [-0.2, 0) is 11.3 Å². The molecule has 3 aromatic carbocycles. The average molecular weight is 375 g/mol. The molecule has 1 atom stereocenters. The lowest BCUT2D eigenvalue weighted by Gasteiger charge is -2.16. The van der Waals surface area contributed by atoms with Crippen molar-refractivity contribution in [2.45, 2.75) is 25.9 Å². The molecule has 0 spiro atoms. The van der Waals surface area contributed by atoms with Gasteiger partial charge in [-0.3, -0.25) is 4.79 Å². The number of ether oxygens (including phenoxy) is 1. The summed E-state index contributed by atoms with van der Waals surface area (Å²) in [5.41, 5.74) is 8.52. The Kier molecular flexibility index (Phi) is 6.65. The number of hydrogen-bond acceptors (Lipinski definition) is 4. The fourth-order valence-electron chi connectivity index (χ4n) is 2.79. The van der Waals surface area contributed by atoms with Gasteiger partial charge in [-0.15, -0.1) is 0 Å². The van der Waals surface area contributed by atoms with Crippen molar-refractivity contribution in [3.8, 4) is 11.5 Å². The third-order valence-electron chi connectivity index (χ3n) is 4.28. The number of nitrogens with one attached hydrogen (secondary N) is 2. The minimum atomic E-state index is -0.0275. The molecule has 1 amide bonds. The summed E-state index contributed by atoms with van der Waals surface area (Å²) in [6, 6.07) is 24.7. The molecule has 3 aromatic rings. The minimum absolute atomic E-state index is 0.00168. The number of carbonyl (C=O) groups excluding carboxylic acids is 1. The van der Waals surface area contributed by atoms with Gasteiger partial charge in [0.1, 0.15) is 11.5 Å². The zero-order valence-electron chi connectivity index (χ0n) is 15.9. The van der Waals surface area contributed by atoms with E-state index >= 15 is 0 Å². The van der Waals surface area contributed by atoms with Gasteiger partial charge in [0.25, 0.3) is 0 Å². The molecule has 0 fully saturated rings. The van der Waals surface area contributed by atoms with E-state index in [0.29, 0.717) is 18.7 Å². The summed E-state index contributed by atoms with van der Waals surface area (Å²) in [5, 5.41) is 6.25. The summed E-state index contributed by atoms with van der Waals surface area (Å²) in [6.45, 7) is 2.53. The maximum atomic E-state index is 12.2. The Morgan fingerprint density at radius 1 is 0.964 bits per heavy atom. The fraction of sp³-hybridized carbons (Fsp3) is 0.174. The van der Waals surface area contributed by atoms with E-state index in [-0.39, 0.29) is 11.9 Å². The maximum absolute atomic E-state index is 12.2. The molecule has 0 saturated heterocycles. The van der Waals surface area contributed by atoms with Crippen molar-refractivity contribution in [2.24, 2.45) is 0 Å². The van der Waals surface area contributed by atoms with E-state index in [4.69, 9.17) is 10.5 Å². The highest BCUT2D eigenvalue weighted by molar-refractivity contribution is 5.91. The highest BCUT2D eigenvalue weighted by atomic mass is 16.5. The van der Waals surface area contributed by atoms with Crippen LogP contribution in [0.25, 0.3) is 0 Å². The second-order valence-corrected chi connectivity index (χ2v) is 6.68. The van der Waals surface area contributed by atoms with Crippen LogP contribution in [-0.4, -0.2) is 11.9 Å². The zero-order valence-corrected chi connectivity index (χ0v) is 15.9. The van der Waals surface area contributed by atoms with Crippen LogP contribution in [0.5, 0.6) is 11.5 Å². The smallest absolute Gasteiger partial charge is 0.225 e. The normalized spacial score (nSPS) is 11.6. The maximum Gasteiger partial charge on any atom is 0.225 e. The largest absolute Gasteiger partial charge is 0.457 e. The van der Waals surface area contributed by atoms with Gasteiger partial charge < -0.3 is 21.1 Å². The Balaban J connectivity index is 1.53. The van der Waals surface area contributed by atoms with Crippen LogP contribution in [0.1, 0.15) is 18.9 Å². The van der Waals surface area contributed by atoms with Crippen molar-refractivity contribution in [3.63, 3.8) is 0 Å². The van der Waals surface area contributed by atoms with E-state index in [1.165, 1.54) is 0 Å². The van der Waals surface area contributed by atoms with Gasteiger partial charge >= 0.3 is 0 Å². The molecule has 4 N–H and O–H groups in total. The van der Waals surface area contributed by atoms with Gasteiger partial charge in [0.2, 0.25) is 5.91 Å². The molecule has 144 valence electrons. The lowest BCUT2D eigenvalue weighted by atomic mass is 10.1. The van der Waals surface area contributed by atoms with E-state index in [1.54, 1.807) is 0 Å². The first-order chi connectivity index (χ1) is 13.6. The Morgan fingerprint density at radius 2 is 1.64 bits per heavy atom. The number of hydrogen-bond donors (Lipinski definition) is 3. The summed E-state index contributed by atoms with van der Waals surface area (Å²) in [6.07, 6.45) is 0.370. The molecule has 0 heterocycles. The second kappa shape index (κ2) is 9.58.